The summed E-state index contributed by atoms with van der Waals surface area (Å²) >= 11 is 0. The number of nitrogens with zero attached hydrogens (tertiary/aromatic N) is 1. The molecule has 0 unspecified atom stereocenters. The van der Waals surface area contributed by atoms with Crippen molar-refractivity contribution in [1.29, 1.82) is 0 Å². The summed E-state index contributed by atoms with van der Waals surface area (Å²) in [5.41, 5.74) is 6.46. The van der Waals surface area contributed by atoms with Gasteiger partial charge >= 0.3 is 0 Å². The summed E-state index contributed by atoms with van der Waals surface area (Å²) in [4.78, 5) is 3.98. The molecular weight excluding hydrogens is 367 g/mol. The zero-order chi connectivity index (χ0) is 12.7. The molecule has 0 aliphatic rings. The van der Waals surface area contributed by atoms with Crippen molar-refractivity contribution < 1.29 is 8.42 Å². The standard InChI is InChI=1S/C10H16N4O2S.HI/c1-17(15,16)13-8-7-12-10(11)14-9-5-3-2-4-6-9;/h2-6,13H,7-8H2,1H3,(H3,11,12,14);1H. The lowest BCUT2D eigenvalue weighted by Crippen LogP contribution is -2.27. The molecule has 0 bridgehead atoms. The minimum absolute atomic E-state index is 0. The number of rotatable bonds is 5. The molecule has 0 aliphatic heterocycles. The Balaban J connectivity index is 0.00000289. The Morgan fingerprint density at radius 3 is 2.50 bits per heavy atom. The van der Waals surface area contributed by atoms with Crippen LogP contribution in [0.25, 0.3) is 0 Å². The van der Waals surface area contributed by atoms with Gasteiger partial charge in [0.2, 0.25) is 10.0 Å². The van der Waals surface area contributed by atoms with Crippen LogP contribution in [0.2, 0.25) is 0 Å². The summed E-state index contributed by atoms with van der Waals surface area (Å²) in [5, 5.41) is 2.89. The molecule has 0 saturated heterocycles. The van der Waals surface area contributed by atoms with Gasteiger partial charge in [0.1, 0.15) is 0 Å². The molecule has 102 valence electrons. The fourth-order valence-electron chi connectivity index (χ4n) is 1.12. The lowest BCUT2D eigenvalue weighted by molar-refractivity contribution is 0.588. The van der Waals surface area contributed by atoms with E-state index in [0.29, 0.717) is 6.54 Å². The number of nitrogens with one attached hydrogen (secondary N) is 2. The molecule has 18 heavy (non-hydrogen) atoms. The summed E-state index contributed by atoms with van der Waals surface area (Å²) in [6.07, 6.45) is 1.10. The zero-order valence-corrected chi connectivity index (χ0v) is 13.1. The van der Waals surface area contributed by atoms with Gasteiger partial charge in [0.25, 0.3) is 0 Å². The zero-order valence-electron chi connectivity index (χ0n) is 9.96. The van der Waals surface area contributed by atoms with E-state index in [1.54, 1.807) is 0 Å². The Kier molecular flexibility index (Phi) is 7.87. The molecule has 0 spiro atoms. The molecule has 0 saturated carbocycles. The molecule has 0 amide bonds. The van der Waals surface area contributed by atoms with Crippen molar-refractivity contribution in [3.8, 4) is 0 Å². The van der Waals surface area contributed by atoms with Crippen LogP contribution in [0.15, 0.2) is 35.3 Å². The highest BCUT2D eigenvalue weighted by atomic mass is 127. The Morgan fingerprint density at radius 1 is 1.33 bits per heavy atom. The third kappa shape index (κ3) is 8.25. The van der Waals surface area contributed by atoms with Crippen LogP contribution in [0.4, 0.5) is 5.69 Å². The fraction of sp³-hybridized carbons (Fsp3) is 0.300. The first-order valence-electron chi connectivity index (χ1n) is 5.04. The molecule has 0 atom stereocenters. The highest BCUT2D eigenvalue weighted by molar-refractivity contribution is 14.0. The van der Waals surface area contributed by atoms with Crippen LogP contribution in [0.1, 0.15) is 0 Å². The first-order valence-corrected chi connectivity index (χ1v) is 6.93. The maximum Gasteiger partial charge on any atom is 0.208 e. The van der Waals surface area contributed by atoms with Gasteiger partial charge in [-0.1, -0.05) is 18.2 Å². The van der Waals surface area contributed by atoms with Gasteiger partial charge in [-0.3, -0.25) is 4.99 Å². The number of halogens is 1. The monoisotopic (exact) mass is 384 g/mol. The Morgan fingerprint density at radius 2 is 1.94 bits per heavy atom. The van der Waals surface area contributed by atoms with Crippen LogP contribution >= 0.6 is 24.0 Å². The second-order valence-corrected chi connectivity index (χ2v) is 5.26. The van der Waals surface area contributed by atoms with Crippen molar-refractivity contribution in [2.45, 2.75) is 0 Å². The van der Waals surface area contributed by atoms with Crippen molar-refractivity contribution in [2.24, 2.45) is 10.7 Å². The number of nitrogens with two attached hydrogens (primary N) is 1. The number of sulfonamides is 1. The molecule has 1 aromatic carbocycles. The van der Waals surface area contributed by atoms with E-state index in [4.69, 9.17) is 5.73 Å². The molecule has 0 fully saturated rings. The lowest BCUT2D eigenvalue weighted by atomic mass is 10.3. The van der Waals surface area contributed by atoms with Crippen molar-refractivity contribution in [3.63, 3.8) is 0 Å². The van der Waals surface area contributed by atoms with Gasteiger partial charge in [0.05, 0.1) is 12.8 Å². The summed E-state index contributed by atoms with van der Waals surface area (Å²) in [6.45, 7) is 0.523. The second-order valence-electron chi connectivity index (χ2n) is 3.42. The second kappa shape index (κ2) is 8.27. The quantitative estimate of drug-likeness (QED) is 0.300. The van der Waals surface area contributed by atoms with Gasteiger partial charge in [-0.05, 0) is 12.1 Å². The molecule has 1 rings (SSSR count). The van der Waals surface area contributed by atoms with Gasteiger partial charge in [0.15, 0.2) is 5.96 Å². The highest BCUT2D eigenvalue weighted by Gasteiger charge is 1.98. The molecular formula is C10H17IN4O2S. The predicted octanol–water partition coefficient (Wildman–Crippen LogP) is 0.580. The van der Waals surface area contributed by atoms with E-state index < -0.39 is 10.0 Å². The smallest absolute Gasteiger partial charge is 0.208 e. The average Bonchev–Trinajstić information content (AvgIpc) is 2.25. The average molecular weight is 384 g/mol. The molecule has 0 radical (unpaired) electrons. The van der Waals surface area contributed by atoms with E-state index in [1.807, 2.05) is 30.3 Å². The van der Waals surface area contributed by atoms with E-state index in [2.05, 4.69) is 15.0 Å². The van der Waals surface area contributed by atoms with Crippen LogP contribution in [0.5, 0.6) is 0 Å². The molecule has 0 aliphatic carbocycles. The molecule has 0 heterocycles. The largest absolute Gasteiger partial charge is 0.370 e. The summed E-state index contributed by atoms with van der Waals surface area (Å²) in [7, 11) is -3.16. The fourth-order valence-corrected chi connectivity index (χ4v) is 1.58. The molecule has 6 nitrogen and oxygen atoms in total. The summed E-state index contributed by atoms with van der Waals surface area (Å²) in [6, 6.07) is 9.37. The number of para-hydroxylation sites is 1. The summed E-state index contributed by atoms with van der Waals surface area (Å²) in [5.74, 6) is 0.256. The number of hydrogen-bond acceptors (Lipinski definition) is 3. The highest BCUT2D eigenvalue weighted by Crippen LogP contribution is 2.03. The first kappa shape index (κ1) is 17.1. The molecule has 8 heteroatoms. The third-order valence-corrected chi connectivity index (χ3v) is 2.53. The summed E-state index contributed by atoms with van der Waals surface area (Å²) < 4.78 is 23.8. The van der Waals surface area contributed by atoms with E-state index in [9.17, 15) is 8.42 Å². The Labute approximate surface area is 124 Å². The predicted molar refractivity (Wildman–Crippen MR) is 84.8 cm³/mol. The van der Waals surface area contributed by atoms with Crippen molar-refractivity contribution in [1.82, 2.24) is 4.72 Å². The molecule has 4 N–H and O–H groups in total. The number of guanidine groups is 1. The molecule has 0 aromatic heterocycles. The number of benzene rings is 1. The minimum atomic E-state index is -3.16. The number of anilines is 1. The van der Waals surface area contributed by atoms with Crippen molar-refractivity contribution in [2.75, 3.05) is 24.7 Å². The Hall–Kier alpha value is -0.870. The Bertz CT molecular complexity index is 476. The maximum absolute atomic E-state index is 10.8. The van der Waals surface area contributed by atoms with Crippen LogP contribution < -0.4 is 15.8 Å². The molecule has 1 aromatic rings. The van der Waals surface area contributed by atoms with Gasteiger partial charge in [-0.15, -0.1) is 24.0 Å². The first-order chi connectivity index (χ1) is 7.97. The minimum Gasteiger partial charge on any atom is -0.370 e. The number of aliphatic imine (C=N–C) groups is 1. The van der Waals surface area contributed by atoms with Crippen LogP contribution in [-0.2, 0) is 10.0 Å². The normalized spacial score (nSPS) is 11.7. The van der Waals surface area contributed by atoms with Crippen molar-refractivity contribution >= 4 is 45.6 Å². The van der Waals surface area contributed by atoms with Crippen LogP contribution in [0, 0.1) is 0 Å². The van der Waals surface area contributed by atoms with Gasteiger partial charge < -0.3 is 11.1 Å². The van der Waals surface area contributed by atoms with Crippen molar-refractivity contribution in [3.05, 3.63) is 30.3 Å². The topological polar surface area (TPSA) is 96.6 Å². The SMILES string of the molecule is CS(=O)(=O)NCCN=C(N)Nc1ccccc1.I. The maximum atomic E-state index is 10.8. The van der Waals surface area contributed by atoms with E-state index in [-0.39, 0.29) is 36.5 Å². The van der Waals surface area contributed by atoms with E-state index in [1.165, 1.54) is 0 Å². The van der Waals surface area contributed by atoms with Gasteiger partial charge in [-0.25, -0.2) is 13.1 Å². The van der Waals surface area contributed by atoms with Gasteiger partial charge in [-0.2, -0.15) is 0 Å². The van der Waals surface area contributed by atoms with Crippen LogP contribution in [0.3, 0.4) is 0 Å². The van der Waals surface area contributed by atoms with E-state index in [0.717, 1.165) is 11.9 Å². The lowest BCUT2D eigenvalue weighted by Gasteiger charge is -2.05. The third-order valence-electron chi connectivity index (χ3n) is 1.80. The van der Waals surface area contributed by atoms with Gasteiger partial charge in [0, 0.05) is 12.2 Å². The van der Waals surface area contributed by atoms with Crippen LogP contribution in [-0.4, -0.2) is 33.7 Å². The van der Waals surface area contributed by atoms with E-state index >= 15 is 0 Å². The number of hydrogen-bond donors (Lipinski definition) is 3.